The molecular weight excluding hydrogens is 318 g/mol. The molecule has 0 aliphatic carbocycles. The van der Waals surface area contributed by atoms with Crippen LogP contribution in [0.4, 0.5) is 0 Å². The average Bonchev–Trinajstić information content (AvgIpc) is 2.40. The molecule has 126 valence electrons. The molecule has 0 radical (unpaired) electrons. The van der Waals surface area contributed by atoms with Crippen molar-refractivity contribution in [3.05, 3.63) is 0 Å². The second-order valence-corrected chi connectivity index (χ2v) is 6.86. The zero-order valence-electron chi connectivity index (χ0n) is 12.6. The Balaban J connectivity index is 0.00000400. The number of hydrogen-bond donors (Lipinski definition) is 2. The highest BCUT2D eigenvalue weighted by molar-refractivity contribution is 7.88. The first-order chi connectivity index (χ1) is 9.44. The highest BCUT2D eigenvalue weighted by Crippen LogP contribution is 2.16. The molecule has 1 amide bonds. The third-order valence-electron chi connectivity index (χ3n) is 3.29. The van der Waals surface area contributed by atoms with Crippen LogP contribution in [0.5, 0.6) is 0 Å². The lowest BCUT2D eigenvalue weighted by Crippen LogP contribution is -2.51. The number of carbonyl (C=O) groups is 1. The van der Waals surface area contributed by atoms with E-state index in [0.29, 0.717) is 26.2 Å². The van der Waals surface area contributed by atoms with E-state index in [1.54, 1.807) is 12.0 Å². The van der Waals surface area contributed by atoms with Crippen LogP contribution in [0.2, 0.25) is 0 Å². The van der Waals surface area contributed by atoms with E-state index < -0.39 is 10.0 Å². The quantitative estimate of drug-likeness (QED) is 0.584. The maximum atomic E-state index is 12.1. The van der Waals surface area contributed by atoms with Crippen molar-refractivity contribution in [1.29, 1.82) is 0 Å². The Morgan fingerprint density at radius 2 is 2.10 bits per heavy atom. The summed E-state index contributed by atoms with van der Waals surface area (Å²) in [6.45, 7) is 2.44. The van der Waals surface area contributed by atoms with Crippen LogP contribution in [0.25, 0.3) is 0 Å². The van der Waals surface area contributed by atoms with Crippen LogP contribution in [0.3, 0.4) is 0 Å². The number of amides is 1. The van der Waals surface area contributed by atoms with Gasteiger partial charge in [-0.25, -0.2) is 13.1 Å². The van der Waals surface area contributed by atoms with E-state index in [4.69, 9.17) is 4.74 Å². The average molecular weight is 344 g/mol. The predicted molar refractivity (Wildman–Crippen MR) is 84.2 cm³/mol. The molecule has 1 saturated heterocycles. The number of carbonyl (C=O) groups excluding carboxylic acids is 1. The van der Waals surface area contributed by atoms with Crippen molar-refractivity contribution in [2.75, 3.05) is 46.2 Å². The Kier molecular flexibility index (Phi) is 10.1. The summed E-state index contributed by atoms with van der Waals surface area (Å²) in [5.74, 6) is 0.0149. The molecule has 1 fully saturated rings. The molecular formula is C12H26ClN3O4S. The Morgan fingerprint density at radius 3 is 2.71 bits per heavy atom. The fraction of sp³-hybridized carbons (Fsp3) is 0.917. The number of hydrogen-bond acceptors (Lipinski definition) is 5. The summed E-state index contributed by atoms with van der Waals surface area (Å²) >= 11 is 0. The number of methoxy groups -OCH3 is 1. The molecule has 7 nitrogen and oxygen atoms in total. The molecule has 1 aliphatic heterocycles. The lowest BCUT2D eigenvalue weighted by Gasteiger charge is -2.36. The Hall–Kier alpha value is -0.410. The van der Waals surface area contributed by atoms with Crippen LogP contribution in [-0.2, 0) is 19.6 Å². The highest BCUT2D eigenvalue weighted by Gasteiger charge is 2.26. The Bertz CT molecular complexity index is 405. The fourth-order valence-corrected chi connectivity index (χ4v) is 2.75. The van der Waals surface area contributed by atoms with Gasteiger partial charge in [0.1, 0.15) is 0 Å². The van der Waals surface area contributed by atoms with Crippen LogP contribution in [0.1, 0.15) is 19.3 Å². The third kappa shape index (κ3) is 8.57. The number of rotatable bonds is 8. The van der Waals surface area contributed by atoms with Gasteiger partial charge in [0.25, 0.3) is 0 Å². The molecule has 0 aromatic rings. The van der Waals surface area contributed by atoms with Gasteiger partial charge in [-0.2, -0.15) is 0 Å². The lowest BCUT2D eigenvalue weighted by molar-refractivity contribution is -0.133. The zero-order valence-corrected chi connectivity index (χ0v) is 14.3. The third-order valence-corrected chi connectivity index (χ3v) is 3.98. The van der Waals surface area contributed by atoms with Crippen LogP contribution in [0.15, 0.2) is 0 Å². The van der Waals surface area contributed by atoms with Crippen LogP contribution in [0, 0.1) is 0 Å². The minimum Gasteiger partial charge on any atom is -0.383 e. The molecule has 1 aliphatic rings. The fourth-order valence-electron chi connectivity index (χ4n) is 2.26. The minimum atomic E-state index is -3.22. The predicted octanol–water partition coefficient (Wildman–Crippen LogP) is -0.425. The number of nitrogens with zero attached hydrogens (tertiary/aromatic N) is 1. The summed E-state index contributed by atoms with van der Waals surface area (Å²) in [4.78, 5) is 13.9. The van der Waals surface area contributed by atoms with Crippen molar-refractivity contribution in [3.8, 4) is 0 Å². The summed E-state index contributed by atoms with van der Waals surface area (Å²) in [5, 5.41) is 3.02. The zero-order chi connectivity index (χ0) is 15.0. The van der Waals surface area contributed by atoms with Crippen molar-refractivity contribution in [2.24, 2.45) is 0 Å². The molecule has 21 heavy (non-hydrogen) atoms. The standard InChI is InChI=1S/C12H25N3O4S.ClH/c1-19-8-6-13-10-12(16)15-7-4-3-5-11(15)9-14-20(2,17)18;/h11,13-14H,3-10H2,1-2H3;1H. The molecule has 2 N–H and O–H groups in total. The number of ether oxygens (including phenoxy) is 1. The van der Waals surface area contributed by atoms with Crippen molar-refractivity contribution in [3.63, 3.8) is 0 Å². The van der Waals surface area contributed by atoms with Gasteiger partial charge < -0.3 is 15.0 Å². The summed E-state index contributed by atoms with van der Waals surface area (Å²) < 4.78 is 29.7. The number of sulfonamides is 1. The number of likely N-dealkylation sites (tertiary alicyclic amines) is 1. The maximum Gasteiger partial charge on any atom is 0.236 e. The van der Waals surface area contributed by atoms with Crippen molar-refractivity contribution < 1.29 is 17.9 Å². The van der Waals surface area contributed by atoms with Gasteiger partial charge >= 0.3 is 0 Å². The van der Waals surface area contributed by atoms with Gasteiger partial charge in [-0.3, -0.25) is 4.79 Å². The van der Waals surface area contributed by atoms with E-state index in [2.05, 4.69) is 10.0 Å². The van der Waals surface area contributed by atoms with Crippen molar-refractivity contribution >= 4 is 28.3 Å². The summed E-state index contributed by atoms with van der Waals surface area (Å²) in [6, 6.07) is -0.0461. The van der Waals surface area contributed by atoms with Crippen molar-refractivity contribution in [1.82, 2.24) is 14.9 Å². The van der Waals surface area contributed by atoms with Gasteiger partial charge in [-0.1, -0.05) is 0 Å². The second kappa shape index (κ2) is 10.3. The first-order valence-corrected chi connectivity index (χ1v) is 8.77. The molecule has 1 atom stereocenters. The molecule has 1 rings (SSSR count). The van der Waals surface area contributed by atoms with Gasteiger partial charge in [0.05, 0.1) is 19.4 Å². The van der Waals surface area contributed by atoms with Gasteiger partial charge in [0.15, 0.2) is 0 Å². The highest BCUT2D eigenvalue weighted by atomic mass is 35.5. The van der Waals surface area contributed by atoms with E-state index in [9.17, 15) is 13.2 Å². The van der Waals surface area contributed by atoms with Crippen LogP contribution >= 0.6 is 12.4 Å². The minimum absolute atomic E-state index is 0. The maximum absolute atomic E-state index is 12.1. The molecule has 1 unspecified atom stereocenters. The first-order valence-electron chi connectivity index (χ1n) is 6.88. The van der Waals surface area contributed by atoms with Crippen LogP contribution in [-0.4, -0.2) is 71.4 Å². The summed E-state index contributed by atoms with van der Waals surface area (Å²) in [6.07, 6.45) is 3.97. The van der Waals surface area contributed by atoms with Crippen LogP contribution < -0.4 is 10.0 Å². The van der Waals surface area contributed by atoms with Gasteiger partial charge in [-0.15, -0.1) is 12.4 Å². The van der Waals surface area contributed by atoms with E-state index in [0.717, 1.165) is 25.5 Å². The molecule has 0 aromatic carbocycles. The molecule has 0 saturated carbocycles. The van der Waals surface area contributed by atoms with Gasteiger partial charge in [0, 0.05) is 32.8 Å². The molecule has 9 heteroatoms. The summed E-state index contributed by atoms with van der Waals surface area (Å²) in [5.41, 5.74) is 0. The SMILES string of the molecule is COCCNCC(=O)N1CCCCC1CNS(C)(=O)=O.Cl. The number of halogens is 1. The lowest BCUT2D eigenvalue weighted by atomic mass is 10.0. The summed E-state index contributed by atoms with van der Waals surface area (Å²) in [7, 11) is -1.60. The Morgan fingerprint density at radius 1 is 1.38 bits per heavy atom. The van der Waals surface area contributed by atoms with E-state index in [1.165, 1.54) is 0 Å². The monoisotopic (exact) mass is 343 g/mol. The second-order valence-electron chi connectivity index (χ2n) is 5.03. The van der Waals surface area contributed by atoms with E-state index in [1.807, 2.05) is 0 Å². The number of piperidine rings is 1. The van der Waals surface area contributed by atoms with Gasteiger partial charge in [-0.05, 0) is 19.3 Å². The smallest absolute Gasteiger partial charge is 0.236 e. The van der Waals surface area contributed by atoms with Gasteiger partial charge in [0.2, 0.25) is 15.9 Å². The molecule has 0 aromatic heterocycles. The molecule has 1 heterocycles. The Labute approximate surface area is 133 Å². The van der Waals surface area contributed by atoms with E-state index >= 15 is 0 Å². The topological polar surface area (TPSA) is 87.7 Å². The molecule has 0 bridgehead atoms. The number of nitrogens with one attached hydrogen (secondary N) is 2. The normalized spacial score (nSPS) is 19.1. The van der Waals surface area contributed by atoms with Crippen molar-refractivity contribution in [2.45, 2.75) is 25.3 Å². The first kappa shape index (κ1) is 20.6. The molecule has 0 spiro atoms. The largest absolute Gasteiger partial charge is 0.383 e. The van der Waals surface area contributed by atoms with E-state index in [-0.39, 0.29) is 30.9 Å².